The maximum absolute atomic E-state index is 13.4. The topological polar surface area (TPSA) is 117 Å². The number of aliphatic hydroxyl groups is 3. The Morgan fingerprint density at radius 2 is 1.82 bits per heavy atom. The fraction of sp³-hybridized carbons (Fsp3) is 0.846. The zero-order chi connectivity index (χ0) is 25.1. The lowest BCUT2D eigenvalue weighted by molar-refractivity contribution is -0.154. The largest absolute Gasteiger partial charge is 0.390 e. The van der Waals surface area contributed by atoms with Crippen LogP contribution in [0.1, 0.15) is 52.4 Å². The van der Waals surface area contributed by atoms with Gasteiger partial charge in [-0.05, 0) is 68.6 Å². The van der Waals surface area contributed by atoms with Crippen LogP contribution >= 0.6 is 0 Å². The zero-order valence-electron chi connectivity index (χ0n) is 21.1. The van der Waals surface area contributed by atoms with Crippen LogP contribution in [0.4, 0.5) is 0 Å². The number of hydrogen-bond acceptors (Lipinski definition) is 8. The fourth-order valence-electron chi connectivity index (χ4n) is 7.83. The summed E-state index contributed by atoms with van der Waals surface area (Å²) in [6.07, 6.45) is 2.50. The molecule has 192 valence electrons. The van der Waals surface area contributed by atoms with E-state index in [0.717, 1.165) is 12.0 Å². The Kier molecular flexibility index (Phi) is 6.90. The molecule has 0 radical (unpaired) electrons. The third-order valence-corrected chi connectivity index (χ3v) is 9.92. The van der Waals surface area contributed by atoms with Crippen LogP contribution in [-0.2, 0) is 19.1 Å². The number of Topliss-reactive ketones (excluding diaryl/α,β-unsaturated/α-hetero) is 1. The average molecular weight is 480 g/mol. The molecule has 3 N–H and O–H groups in total. The Balaban J connectivity index is 1.58. The van der Waals surface area contributed by atoms with E-state index in [1.807, 2.05) is 25.8 Å². The van der Waals surface area contributed by atoms with Crippen molar-refractivity contribution in [2.24, 2.45) is 28.6 Å². The van der Waals surface area contributed by atoms with Crippen molar-refractivity contribution in [3.8, 4) is 0 Å². The Morgan fingerprint density at radius 1 is 1.15 bits per heavy atom. The van der Waals surface area contributed by atoms with E-state index in [4.69, 9.17) is 9.47 Å². The monoisotopic (exact) mass is 479 g/mol. The van der Waals surface area contributed by atoms with Crippen LogP contribution < -0.4 is 0 Å². The van der Waals surface area contributed by atoms with E-state index in [1.54, 1.807) is 20.3 Å². The van der Waals surface area contributed by atoms with Gasteiger partial charge in [0.15, 0.2) is 17.9 Å². The van der Waals surface area contributed by atoms with Crippen molar-refractivity contribution in [2.45, 2.75) is 76.5 Å². The highest BCUT2D eigenvalue weighted by atomic mass is 16.7. The summed E-state index contributed by atoms with van der Waals surface area (Å²) in [5.41, 5.74) is -1.63. The first-order valence-electron chi connectivity index (χ1n) is 12.5. The van der Waals surface area contributed by atoms with Crippen LogP contribution in [0.5, 0.6) is 0 Å². The predicted octanol–water partition coefficient (Wildman–Crippen LogP) is 1.31. The third kappa shape index (κ3) is 3.82. The minimum Gasteiger partial charge on any atom is -0.390 e. The van der Waals surface area contributed by atoms with E-state index in [-0.39, 0.29) is 42.3 Å². The van der Waals surface area contributed by atoms with Crippen LogP contribution in [0.15, 0.2) is 11.6 Å². The minimum atomic E-state index is -1.22. The average Bonchev–Trinajstić information content (AvgIpc) is 3.05. The van der Waals surface area contributed by atoms with Gasteiger partial charge in [0.2, 0.25) is 0 Å². The number of ketones is 2. The molecule has 34 heavy (non-hydrogen) atoms. The lowest BCUT2D eigenvalue weighted by Crippen LogP contribution is -2.61. The molecule has 0 aromatic heterocycles. The summed E-state index contributed by atoms with van der Waals surface area (Å²) in [7, 11) is 4.99. The Hall–Kier alpha value is -1.16. The maximum Gasteiger partial charge on any atom is 0.169 e. The number of allylic oxidation sites excluding steroid dienone is 1. The highest BCUT2D eigenvalue weighted by Crippen LogP contribution is 2.67. The van der Waals surface area contributed by atoms with Gasteiger partial charge in [0.25, 0.3) is 0 Å². The quantitative estimate of drug-likeness (QED) is 0.468. The van der Waals surface area contributed by atoms with E-state index in [0.29, 0.717) is 32.2 Å². The van der Waals surface area contributed by atoms with Gasteiger partial charge in [-0.3, -0.25) is 14.5 Å². The van der Waals surface area contributed by atoms with Gasteiger partial charge in [0, 0.05) is 38.0 Å². The molecule has 8 heteroatoms. The van der Waals surface area contributed by atoms with Crippen molar-refractivity contribution in [1.82, 2.24) is 4.90 Å². The number of hydrogen-bond donors (Lipinski definition) is 3. The highest BCUT2D eigenvalue weighted by molar-refractivity contribution is 5.95. The molecule has 4 aliphatic rings. The van der Waals surface area contributed by atoms with Crippen molar-refractivity contribution in [1.29, 1.82) is 0 Å². The van der Waals surface area contributed by atoms with E-state index in [1.165, 1.54) is 0 Å². The Labute approximate surface area is 202 Å². The molecule has 0 spiro atoms. The van der Waals surface area contributed by atoms with E-state index in [2.05, 4.69) is 0 Å². The third-order valence-electron chi connectivity index (χ3n) is 9.92. The number of aliphatic hydroxyl groups excluding tert-OH is 2. The standard InChI is InChI=1S/C26H41NO7/c1-24-12-21(30)20(29)11-18(24)19(28)10-17-15(24)6-8-25(2)16(7-9-26(17,25)32)22(31)13-27(3)14-23(33-4)34-5/h10,15-16,18,20-21,23,29-30,32H,6-9,11-14H2,1-5H3/t15?,16-,18+,20-,21+,24-,25-,26-/m1/s1. The van der Waals surface area contributed by atoms with Crippen molar-refractivity contribution in [3.05, 3.63) is 11.6 Å². The second-order valence-electron chi connectivity index (χ2n) is 11.7. The molecule has 0 aliphatic heterocycles. The molecule has 0 saturated heterocycles. The second kappa shape index (κ2) is 9.05. The van der Waals surface area contributed by atoms with Gasteiger partial charge >= 0.3 is 0 Å². The molecule has 8 nitrogen and oxygen atoms in total. The molecule has 0 amide bonds. The van der Waals surface area contributed by atoms with Crippen molar-refractivity contribution < 1.29 is 34.4 Å². The fourth-order valence-corrected chi connectivity index (χ4v) is 7.83. The van der Waals surface area contributed by atoms with E-state index < -0.39 is 34.9 Å². The van der Waals surface area contributed by atoms with E-state index in [9.17, 15) is 24.9 Å². The second-order valence-corrected chi connectivity index (χ2v) is 11.7. The van der Waals surface area contributed by atoms with Gasteiger partial charge < -0.3 is 24.8 Å². The molecule has 0 aromatic rings. The normalized spacial score (nSPS) is 44.0. The lowest BCUT2D eigenvalue weighted by atomic mass is 9.46. The molecule has 0 bridgehead atoms. The van der Waals surface area contributed by atoms with Gasteiger partial charge in [0.05, 0.1) is 24.4 Å². The summed E-state index contributed by atoms with van der Waals surface area (Å²) in [4.78, 5) is 28.5. The summed E-state index contributed by atoms with van der Waals surface area (Å²) >= 11 is 0. The summed E-state index contributed by atoms with van der Waals surface area (Å²) in [6, 6.07) is 0. The summed E-state index contributed by atoms with van der Waals surface area (Å²) in [5.74, 6) is -0.680. The van der Waals surface area contributed by atoms with Crippen LogP contribution in [0.3, 0.4) is 0 Å². The molecular formula is C26H41NO7. The number of fused-ring (bicyclic) bond motifs is 5. The molecule has 1 unspecified atom stereocenters. The van der Waals surface area contributed by atoms with Gasteiger partial charge in [-0.2, -0.15) is 0 Å². The highest BCUT2D eigenvalue weighted by Gasteiger charge is 2.67. The number of methoxy groups -OCH3 is 2. The number of carbonyl (C=O) groups is 2. The van der Waals surface area contributed by atoms with Gasteiger partial charge in [-0.1, -0.05) is 13.8 Å². The molecule has 8 atom stereocenters. The first-order valence-corrected chi connectivity index (χ1v) is 12.5. The maximum atomic E-state index is 13.4. The van der Waals surface area contributed by atoms with Crippen molar-refractivity contribution in [2.75, 3.05) is 34.4 Å². The summed E-state index contributed by atoms with van der Waals surface area (Å²) in [6.45, 7) is 4.74. The molecule has 4 aliphatic carbocycles. The first-order chi connectivity index (χ1) is 15.9. The van der Waals surface area contributed by atoms with E-state index >= 15 is 0 Å². The van der Waals surface area contributed by atoms with Crippen LogP contribution in [0.2, 0.25) is 0 Å². The molecule has 0 heterocycles. The van der Waals surface area contributed by atoms with Crippen LogP contribution in [0, 0.1) is 28.6 Å². The van der Waals surface area contributed by atoms with Gasteiger partial charge in [-0.15, -0.1) is 0 Å². The van der Waals surface area contributed by atoms with Crippen molar-refractivity contribution >= 4 is 11.6 Å². The summed E-state index contributed by atoms with van der Waals surface area (Å²) < 4.78 is 10.5. The Morgan fingerprint density at radius 3 is 2.47 bits per heavy atom. The van der Waals surface area contributed by atoms with Gasteiger partial charge in [-0.25, -0.2) is 0 Å². The van der Waals surface area contributed by atoms with Crippen LogP contribution in [0.25, 0.3) is 0 Å². The molecule has 3 fully saturated rings. The number of likely N-dealkylation sites (N-methyl/N-ethyl adjacent to an activating group) is 1. The molecule has 0 aromatic carbocycles. The van der Waals surface area contributed by atoms with Gasteiger partial charge in [0.1, 0.15) is 0 Å². The molecule has 4 rings (SSSR count). The zero-order valence-corrected chi connectivity index (χ0v) is 21.1. The smallest absolute Gasteiger partial charge is 0.169 e. The lowest BCUT2D eigenvalue weighted by Gasteiger charge is -2.59. The SMILES string of the molecule is COC(CN(C)CC(=O)[C@H]1CC[C@@]2(O)C3=CC(=O)[C@@H]4C[C@@H](O)[C@@H](O)C[C@]4(C)C3CC[C@]12C)OC. The number of ether oxygens (including phenoxy) is 2. The van der Waals surface area contributed by atoms with Crippen molar-refractivity contribution in [3.63, 3.8) is 0 Å². The minimum absolute atomic E-state index is 0.0453. The molecular weight excluding hydrogens is 438 g/mol. The first kappa shape index (κ1) is 25.9. The Bertz CT molecular complexity index is 856. The molecule has 3 saturated carbocycles. The summed E-state index contributed by atoms with van der Waals surface area (Å²) in [5, 5.41) is 32.8. The predicted molar refractivity (Wildman–Crippen MR) is 125 cm³/mol. The van der Waals surface area contributed by atoms with Crippen LogP contribution in [-0.4, -0.2) is 90.2 Å². The number of nitrogens with zero attached hydrogens (tertiary/aromatic N) is 1. The number of rotatable bonds is 7. The number of carbonyl (C=O) groups excluding carboxylic acids is 2.